The fourth-order valence-corrected chi connectivity index (χ4v) is 1.43. The van der Waals surface area contributed by atoms with Crippen molar-refractivity contribution in [3.63, 3.8) is 0 Å². The number of furan rings is 2. The third kappa shape index (κ3) is 1.72. The molecule has 2 rings (SSSR count). The van der Waals surface area contributed by atoms with Crippen LogP contribution in [-0.4, -0.2) is 5.11 Å². The summed E-state index contributed by atoms with van der Waals surface area (Å²) in [5.41, 5.74) is -0.181. The molecule has 3 nitrogen and oxygen atoms in total. The lowest BCUT2D eigenvalue weighted by Crippen LogP contribution is -2.23. The molecule has 2 aromatic rings. The summed E-state index contributed by atoms with van der Waals surface area (Å²) in [4.78, 5) is 0. The van der Waals surface area contributed by atoms with Crippen LogP contribution in [0.5, 0.6) is 0 Å². The van der Waals surface area contributed by atoms with E-state index in [2.05, 4.69) is 0 Å². The van der Waals surface area contributed by atoms with Crippen LogP contribution in [-0.2, 0) is 12.0 Å². The van der Waals surface area contributed by atoms with Gasteiger partial charge in [0, 0.05) is 12.0 Å². The highest BCUT2D eigenvalue weighted by atomic mass is 16.3. The predicted octanol–water partition coefficient (Wildman–Crippen LogP) is 2.32. The smallest absolute Gasteiger partial charge is 0.106 e. The Balaban J connectivity index is 2.17. The summed E-state index contributed by atoms with van der Waals surface area (Å²) >= 11 is 0. The van der Waals surface area contributed by atoms with Crippen LogP contribution in [0.2, 0.25) is 0 Å². The zero-order chi connectivity index (χ0) is 10.0. The summed E-state index contributed by atoms with van der Waals surface area (Å²) in [6, 6.07) is 5.40. The molecule has 0 radical (unpaired) electrons. The summed E-state index contributed by atoms with van der Waals surface area (Å²) in [6.07, 6.45) is 5.13. The summed E-state index contributed by atoms with van der Waals surface area (Å²) < 4.78 is 10.1. The number of aliphatic hydroxyl groups is 1. The van der Waals surface area contributed by atoms with Gasteiger partial charge in [0.1, 0.15) is 5.76 Å². The van der Waals surface area contributed by atoms with Gasteiger partial charge < -0.3 is 13.9 Å². The Kier molecular flexibility index (Phi) is 2.17. The molecule has 0 aliphatic heterocycles. The molecule has 0 amide bonds. The molecule has 1 unspecified atom stereocenters. The summed E-state index contributed by atoms with van der Waals surface area (Å²) in [7, 11) is 0. The van der Waals surface area contributed by atoms with Crippen molar-refractivity contribution in [3.05, 3.63) is 48.3 Å². The molecule has 3 heteroatoms. The Morgan fingerprint density at radius 3 is 2.79 bits per heavy atom. The van der Waals surface area contributed by atoms with Crippen molar-refractivity contribution >= 4 is 0 Å². The van der Waals surface area contributed by atoms with Crippen LogP contribution in [0.1, 0.15) is 18.2 Å². The Hall–Kier alpha value is -1.48. The Labute approximate surface area is 82.0 Å². The van der Waals surface area contributed by atoms with Gasteiger partial charge in [-0.25, -0.2) is 0 Å². The van der Waals surface area contributed by atoms with Gasteiger partial charge in [-0.2, -0.15) is 0 Å². The van der Waals surface area contributed by atoms with E-state index in [0.29, 0.717) is 6.42 Å². The number of hydrogen-bond acceptors (Lipinski definition) is 3. The van der Waals surface area contributed by atoms with E-state index >= 15 is 0 Å². The van der Waals surface area contributed by atoms with Crippen molar-refractivity contribution in [2.24, 2.45) is 0 Å². The minimum atomic E-state index is -0.940. The van der Waals surface area contributed by atoms with Gasteiger partial charge in [-0.1, -0.05) is 0 Å². The first-order chi connectivity index (χ1) is 6.68. The van der Waals surface area contributed by atoms with Gasteiger partial charge in [0.25, 0.3) is 0 Å². The van der Waals surface area contributed by atoms with Gasteiger partial charge in [0.2, 0.25) is 0 Å². The zero-order valence-corrected chi connectivity index (χ0v) is 7.93. The Morgan fingerprint density at radius 2 is 2.21 bits per heavy atom. The summed E-state index contributed by atoms with van der Waals surface area (Å²) in [5.74, 6) is 0.760. The maximum atomic E-state index is 10.1. The molecule has 0 saturated heterocycles. The largest absolute Gasteiger partial charge is 0.472 e. The Morgan fingerprint density at radius 1 is 1.36 bits per heavy atom. The molecule has 0 saturated carbocycles. The van der Waals surface area contributed by atoms with Gasteiger partial charge in [-0.3, -0.25) is 0 Å². The molecular formula is C11H12O3. The van der Waals surface area contributed by atoms with Crippen molar-refractivity contribution in [1.29, 1.82) is 0 Å². The quantitative estimate of drug-likeness (QED) is 0.811. The third-order valence-electron chi connectivity index (χ3n) is 2.24. The van der Waals surface area contributed by atoms with Crippen molar-refractivity contribution in [2.45, 2.75) is 18.9 Å². The highest BCUT2D eigenvalue weighted by Gasteiger charge is 2.25. The van der Waals surface area contributed by atoms with Crippen molar-refractivity contribution < 1.29 is 13.9 Å². The van der Waals surface area contributed by atoms with Crippen molar-refractivity contribution in [1.82, 2.24) is 0 Å². The van der Waals surface area contributed by atoms with Crippen LogP contribution < -0.4 is 0 Å². The van der Waals surface area contributed by atoms with E-state index in [1.807, 2.05) is 6.07 Å². The molecule has 1 N–H and O–H groups in total. The second-order valence-corrected chi connectivity index (χ2v) is 3.54. The second-order valence-electron chi connectivity index (χ2n) is 3.54. The van der Waals surface area contributed by atoms with E-state index in [4.69, 9.17) is 8.83 Å². The molecule has 74 valence electrons. The average Bonchev–Trinajstić information content (AvgIpc) is 2.71. The van der Waals surface area contributed by atoms with Gasteiger partial charge in [-0.05, 0) is 25.1 Å². The summed E-state index contributed by atoms with van der Waals surface area (Å²) in [6.45, 7) is 1.74. The molecule has 2 heterocycles. The van der Waals surface area contributed by atoms with Crippen LogP contribution in [0.4, 0.5) is 0 Å². The van der Waals surface area contributed by atoms with Gasteiger partial charge in [-0.15, -0.1) is 0 Å². The van der Waals surface area contributed by atoms with Crippen LogP contribution in [0.3, 0.4) is 0 Å². The monoisotopic (exact) mass is 192 g/mol. The molecule has 0 aromatic carbocycles. The molecule has 14 heavy (non-hydrogen) atoms. The molecule has 0 fully saturated rings. The topological polar surface area (TPSA) is 46.5 Å². The van der Waals surface area contributed by atoms with E-state index in [1.54, 1.807) is 37.8 Å². The molecule has 1 atom stereocenters. The molecule has 0 aliphatic carbocycles. The highest BCUT2D eigenvalue weighted by Crippen LogP contribution is 2.25. The van der Waals surface area contributed by atoms with Gasteiger partial charge in [0.15, 0.2) is 0 Å². The van der Waals surface area contributed by atoms with Gasteiger partial charge in [0.05, 0.1) is 24.4 Å². The molecule has 0 aliphatic rings. The predicted molar refractivity (Wildman–Crippen MR) is 50.7 cm³/mol. The third-order valence-corrected chi connectivity index (χ3v) is 2.24. The molecular weight excluding hydrogens is 180 g/mol. The lowest BCUT2D eigenvalue weighted by molar-refractivity contribution is 0.0515. The first-order valence-corrected chi connectivity index (χ1v) is 4.46. The fraction of sp³-hybridized carbons (Fsp3) is 0.273. The lowest BCUT2D eigenvalue weighted by Gasteiger charge is -2.19. The molecule has 0 bridgehead atoms. The van der Waals surface area contributed by atoms with Gasteiger partial charge >= 0.3 is 0 Å². The lowest BCUT2D eigenvalue weighted by atomic mass is 9.94. The van der Waals surface area contributed by atoms with Crippen molar-refractivity contribution in [3.8, 4) is 0 Å². The van der Waals surface area contributed by atoms with Crippen LogP contribution in [0, 0.1) is 0 Å². The number of hydrogen-bond donors (Lipinski definition) is 1. The minimum Gasteiger partial charge on any atom is -0.472 e. The van der Waals surface area contributed by atoms with Crippen LogP contribution >= 0.6 is 0 Å². The van der Waals surface area contributed by atoms with Crippen LogP contribution in [0.15, 0.2) is 45.8 Å². The second kappa shape index (κ2) is 3.35. The maximum absolute atomic E-state index is 10.1. The van der Waals surface area contributed by atoms with E-state index in [1.165, 1.54) is 0 Å². The summed E-state index contributed by atoms with van der Waals surface area (Å²) in [5, 5.41) is 10.1. The van der Waals surface area contributed by atoms with E-state index in [9.17, 15) is 5.11 Å². The maximum Gasteiger partial charge on any atom is 0.106 e. The highest BCUT2D eigenvalue weighted by molar-refractivity contribution is 5.18. The normalized spacial score (nSPS) is 15.3. The SMILES string of the molecule is CC(O)(Cc1ccco1)c1ccoc1. The Bertz CT molecular complexity index is 371. The fourth-order valence-electron chi connectivity index (χ4n) is 1.43. The average molecular weight is 192 g/mol. The molecule has 0 spiro atoms. The zero-order valence-electron chi connectivity index (χ0n) is 7.93. The minimum absolute atomic E-state index is 0.444. The first-order valence-electron chi connectivity index (χ1n) is 4.46. The van der Waals surface area contributed by atoms with E-state index < -0.39 is 5.60 Å². The number of rotatable bonds is 3. The first kappa shape index (κ1) is 9.09. The van der Waals surface area contributed by atoms with Crippen molar-refractivity contribution in [2.75, 3.05) is 0 Å². The van der Waals surface area contributed by atoms with Crippen LogP contribution in [0.25, 0.3) is 0 Å². The standard InChI is InChI=1S/C11H12O3/c1-11(12,9-4-6-13-8-9)7-10-3-2-5-14-10/h2-6,8,12H,7H2,1H3. The molecule has 2 aromatic heterocycles. The van der Waals surface area contributed by atoms with E-state index in [-0.39, 0.29) is 0 Å². The van der Waals surface area contributed by atoms with E-state index in [0.717, 1.165) is 11.3 Å².